The highest BCUT2D eigenvalue weighted by Gasteiger charge is 2.10. The molecule has 1 aromatic heterocycles. The summed E-state index contributed by atoms with van der Waals surface area (Å²) < 4.78 is 5.23. The van der Waals surface area contributed by atoms with Crippen molar-refractivity contribution in [2.75, 3.05) is 17.7 Å². The van der Waals surface area contributed by atoms with Gasteiger partial charge in [-0.25, -0.2) is 0 Å². The van der Waals surface area contributed by atoms with E-state index in [-0.39, 0.29) is 5.91 Å². The van der Waals surface area contributed by atoms with Gasteiger partial charge in [-0.05, 0) is 55.3 Å². The molecule has 0 aliphatic heterocycles. The minimum absolute atomic E-state index is 0.243. The number of hydrogen-bond acceptors (Lipinski definition) is 4. The van der Waals surface area contributed by atoms with Gasteiger partial charge >= 0.3 is 0 Å². The Morgan fingerprint density at radius 2 is 1.81 bits per heavy atom. The van der Waals surface area contributed by atoms with E-state index in [1.165, 1.54) is 0 Å². The summed E-state index contributed by atoms with van der Waals surface area (Å²) in [5, 5.41) is 6.19. The predicted molar refractivity (Wildman–Crippen MR) is 104 cm³/mol. The van der Waals surface area contributed by atoms with Gasteiger partial charge in [-0.3, -0.25) is 9.78 Å². The van der Waals surface area contributed by atoms with Crippen molar-refractivity contribution in [2.24, 2.45) is 0 Å². The van der Waals surface area contributed by atoms with Crippen LogP contribution < -0.4 is 15.4 Å². The Hall–Kier alpha value is -3.34. The number of aryl methyl sites for hydroxylation is 2. The fraction of sp³-hybridized carbons (Fsp3) is 0.143. The quantitative estimate of drug-likeness (QED) is 0.702. The van der Waals surface area contributed by atoms with E-state index in [0.717, 1.165) is 33.9 Å². The summed E-state index contributed by atoms with van der Waals surface area (Å²) in [6.45, 7) is 3.95. The second-order valence-electron chi connectivity index (χ2n) is 6.06. The van der Waals surface area contributed by atoms with Crippen LogP contribution in [-0.4, -0.2) is 18.0 Å². The largest absolute Gasteiger partial charge is 0.497 e. The SMILES string of the molecule is COc1cccc(Nc2ccnc(C(=O)Nc3cc(C)ccc3C)c2)c1. The smallest absolute Gasteiger partial charge is 0.274 e. The molecule has 2 aromatic carbocycles. The molecule has 0 saturated heterocycles. The number of nitrogens with zero attached hydrogens (tertiary/aromatic N) is 1. The first-order valence-electron chi connectivity index (χ1n) is 8.31. The van der Waals surface area contributed by atoms with Crippen LogP contribution in [0, 0.1) is 13.8 Å². The molecule has 5 heteroatoms. The fourth-order valence-electron chi connectivity index (χ4n) is 2.56. The zero-order chi connectivity index (χ0) is 18.5. The van der Waals surface area contributed by atoms with Crippen LogP contribution in [0.4, 0.5) is 17.1 Å². The molecule has 2 N–H and O–H groups in total. The number of ether oxygens (including phenoxy) is 1. The van der Waals surface area contributed by atoms with Gasteiger partial charge in [0.25, 0.3) is 5.91 Å². The number of pyridine rings is 1. The van der Waals surface area contributed by atoms with E-state index < -0.39 is 0 Å². The van der Waals surface area contributed by atoms with E-state index in [0.29, 0.717) is 5.69 Å². The van der Waals surface area contributed by atoms with Crippen LogP contribution in [0.25, 0.3) is 0 Å². The molecule has 132 valence electrons. The molecule has 3 rings (SSSR count). The van der Waals surface area contributed by atoms with Crippen LogP contribution in [0.3, 0.4) is 0 Å². The molecule has 26 heavy (non-hydrogen) atoms. The molecule has 0 saturated carbocycles. The number of nitrogens with one attached hydrogen (secondary N) is 2. The van der Waals surface area contributed by atoms with Crippen molar-refractivity contribution in [2.45, 2.75) is 13.8 Å². The summed E-state index contributed by atoms with van der Waals surface area (Å²) in [4.78, 5) is 16.7. The third-order valence-corrected chi connectivity index (χ3v) is 3.99. The summed E-state index contributed by atoms with van der Waals surface area (Å²) in [5.74, 6) is 0.518. The molecule has 0 bridgehead atoms. The number of hydrogen-bond donors (Lipinski definition) is 2. The van der Waals surface area contributed by atoms with Gasteiger partial charge in [-0.2, -0.15) is 0 Å². The van der Waals surface area contributed by atoms with Crippen molar-refractivity contribution >= 4 is 23.0 Å². The number of benzene rings is 2. The highest BCUT2D eigenvalue weighted by atomic mass is 16.5. The highest BCUT2D eigenvalue weighted by molar-refractivity contribution is 6.03. The van der Waals surface area contributed by atoms with Crippen LogP contribution in [-0.2, 0) is 0 Å². The first-order valence-corrected chi connectivity index (χ1v) is 8.31. The minimum atomic E-state index is -0.243. The molecule has 0 aliphatic rings. The second kappa shape index (κ2) is 7.70. The third kappa shape index (κ3) is 4.19. The Morgan fingerprint density at radius 3 is 2.62 bits per heavy atom. The molecular weight excluding hydrogens is 326 g/mol. The van der Waals surface area contributed by atoms with Gasteiger partial charge in [-0.15, -0.1) is 0 Å². The summed E-state index contributed by atoms with van der Waals surface area (Å²) in [5.41, 5.74) is 4.89. The van der Waals surface area contributed by atoms with Crippen LogP contribution in [0.1, 0.15) is 21.6 Å². The maximum absolute atomic E-state index is 12.6. The maximum atomic E-state index is 12.6. The fourth-order valence-corrected chi connectivity index (χ4v) is 2.56. The number of methoxy groups -OCH3 is 1. The molecular formula is C21H21N3O2. The molecule has 0 unspecified atom stereocenters. The molecule has 0 radical (unpaired) electrons. The van der Waals surface area contributed by atoms with Crippen molar-refractivity contribution in [1.29, 1.82) is 0 Å². The number of carbonyl (C=O) groups is 1. The van der Waals surface area contributed by atoms with Gasteiger partial charge < -0.3 is 15.4 Å². The Kier molecular flexibility index (Phi) is 5.17. The average Bonchev–Trinajstić information content (AvgIpc) is 2.65. The van der Waals surface area contributed by atoms with E-state index in [4.69, 9.17) is 4.74 Å². The highest BCUT2D eigenvalue weighted by Crippen LogP contribution is 2.22. The van der Waals surface area contributed by atoms with Crippen LogP contribution in [0.2, 0.25) is 0 Å². The van der Waals surface area contributed by atoms with Crippen molar-refractivity contribution in [3.8, 4) is 5.75 Å². The summed E-state index contributed by atoms with van der Waals surface area (Å²) >= 11 is 0. The van der Waals surface area contributed by atoms with E-state index in [1.807, 2.05) is 62.4 Å². The molecule has 1 amide bonds. The third-order valence-electron chi connectivity index (χ3n) is 3.99. The first-order chi connectivity index (χ1) is 12.5. The lowest BCUT2D eigenvalue weighted by atomic mass is 10.1. The minimum Gasteiger partial charge on any atom is -0.497 e. The standard InChI is InChI=1S/C21H21N3O2/c1-14-7-8-15(2)19(11-14)24-21(25)20-13-17(9-10-22-20)23-16-5-4-6-18(12-16)26-3/h4-13H,1-3H3,(H,22,23)(H,24,25). The van der Waals surface area contributed by atoms with Gasteiger partial charge in [0.05, 0.1) is 7.11 Å². The van der Waals surface area contributed by atoms with E-state index in [9.17, 15) is 4.79 Å². The Bertz CT molecular complexity index is 938. The number of carbonyl (C=O) groups excluding carboxylic acids is 1. The van der Waals surface area contributed by atoms with Crippen molar-refractivity contribution < 1.29 is 9.53 Å². The normalized spacial score (nSPS) is 10.3. The van der Waals surface area contributed by atoms with E-state index in [1.54, 1.807) is 19.4 Å². The Balaban J connectivity index is 1.77. The molecule has 1 heterocycles. The maximum Gasteiger partial charge on any atom is 0.274 e. The molecule has 5 nitrogen and oxygen atoms in total. The zero-order valence-electron chi connectivity index (χ0n) is 15.0. The Morgan fingerprint density at radius 1 is 1.00 bits per heavy atom. The van der Waals surface area contributed by atoms with Crippen molar-refractivity contribution in [3.05, 3.63) is 77.6 Å². The first kappa shape index (κ1) is 17.5. The topological polar surface area (TPSA) is 63.2 Å². The van der Waals surface area contributed by atoms with Gasteiger partial charge in [0.1, 0.15) is 11.4 Å². The summed E-state index contributed by atoms with van der Waals surface area (Å²) in [6, 6.07) is 17.1. The van der Waals surface area contributed by atoms with Gasteiger partial charge in [-0.1, -0.05) is 18.2 Å². The van der Waals surface area contributed by atoms with Crippen LogP contribution >= 0.6 is 0 Å². The van der Waals surface area contributed by atoms with E-state index >= 15 is 0 Å². The molecule has 0 atom stereocenters. The molecule has 3 aromatic rings. The second-order valence-corrected chi connectivity index (χ2v) is 6.06. The Labute approximate surface area is 153 Å². The summed E-state index contributed by atoms with van der Waals surface area (Å²) in [6.07, 6.45) is 1.61. The van der Waals surface area contributed by atoms with Crippen molar-refractivity contribution in [3.63, 3.8) is 0 Å². The predicted octanol–water partition coefficient (Wildman–Crippen LogP) is 4.70. The lowest BCUT2D eigenvalue weighted by Crippen LogP contribution is -2.14. The number of aromatic nitrogens is 1. The lowest BCUT2D eigenvalue weighted by molar-refractivity contribution is 0.102. The van der Waals surface area contributed by atoms with E-state index in [2.05, 4.69) is 15.6 Å². The van der Waals surface area contributed by atoms with Crippen molar-refractivity contribution in [1.82, 2.24) is 4.98 Å². The molecule has 0 spiro atoms. The lowest BCUT2D eigenvalue weighted by Gasteiger charge is -2.11. The monoisotopic (exact) mass is 347 g/mol. The van der Waals surface area contributed by atoms with Gasteiger partial charge in [0.2, 0.25) is 0 Å². The van der Waals surface area contributed by atoms with Crippen LogP contribution in [0.5, 0.6) is 5.75 Å². The van der Waals surface area contributed by atoms with Crippen LogP contribution in [0.15, 0.2) is 60.8 Å². The molecule has 0 aliphatic carbocycles. The number of rotatable bonds is 5. The zero-order valence-corrected chi connectivity index (χ0v) is 15.0. The molecule has 0 fully saturated rings. The number of amides is 1. The van der Waals surface area contributed by atoms with Gasteiger partial charge in [0.15, 0.2) is 0 Å². The van der Waals surface area contributed by atoms with Gasteiger partial charge in [0, 0.05) is 29.3 Å². The summed E-state index contributed by atoms with van der Waals surface area (Å²) in [7, 11) is 1.63. The average molecular weight is 347 g/mol. The number of anilines is 3.